The van der Waals surface area contributed by atoms with E-state index in [1.165, 1.54) is 4.90 Å². The van der Waals surface area contributed by atoms with Gasteiger partial charge in [-0.1, -0.05) is 66.2 Å². The number of carbonyl (C=O) groups is 3. The first-order valence-electron chi connectivity index (χ1n) is 21.1. The second-order valence-corrected chi connectivity index (χ2v) is 19.0. The summed E-state index contributed by atoms with van der Waals surface area (Å²) < 4.78 is 55.7. The van der Waals surface area contributed by atoms with Crippen LogP contribution in [-0.4, -0.2) is 100 Å². The first kappa shape index (κ1) is 47.1. The number of rotatable bonds is 20. The number of hydrogen-bond acceptors (Lipinski definition) is 13. The molecule has 0 aromatic carbocycles. The van der Waals surface area contributed by atoms with Gasteiger partial charge < -0.3 is 24.1 Å². The third-order valence-electron chi connectivity index (χ3n) is 10.5. The van der Waals surface area contributed by atoms with Gasteiger partial charge in [0.25, 0.3) is 0 Å². The first-order valence-corrected chi connectivity index (χ1v) is 22.4. The van der Waals surface area contributed by atoms with Crippen LogP contribution >= 0.6 is 0 Å². The Kier molecular flexibility index (Phi) is 16.0. The maximum absolute atomic E-state index is 13.8. The van der Waals surface area contributed by atoms with Gasteiger partial charge in [-0.05, 0) is 92.9 Å². The van der Waals surface area contributed by atoms with E-state index in [1.807, 2.05) is 0 Å². The molecule has 4 amide bonds. The molecule has 19 heteroatoms. The molecule has 1 saturated carbocycles. The molecule has 2 bridgehead atoms. The molecule has 1 aliphatic carbocycles. The molecule has 1 aromatic rings. The van der Waals surface area contributed by atoms with Crippen LogP contribution in [0, 0.1) is 0 Å². The number of piperidine rings is 1. The van der Waals surface area contributed by atoms with Gasteiger partial charge >= 0.3 is 28.6 Å². The number of fused-ring (bicyclic) bond motifs is 2. The summed E-state index contributed by atoms with van der Waals surface area (Å²) >= 11 is 0. The van der Waals surface area contributed by atoms with Crippen molar-refractivity contribution in [3.8, 4) is 0 Å². The fraction of sp³-hybridized carbons (Fsp3) is 0.846. The molecular formula is C39H68N8O10S. The number of alkyl carbamates (subject to hydrolysis) is 1. The summed E-state index contributed by atoms with van der Waals surface area (Å²) in [5.41, 5.74) is -2.71. The van der Waals surface area contributed by atoms with Crippen LogP contribution in [0.1, 0.15) is 177 Å². The summed E-state index contributed by atoms with van der Waals surface area (Å²) in [5.74, 6) is 0.363. The molecule has 1 aromatic heterocycles. The molecule has 2 N–H and O–H groups in total. The van der Waals surface area contributed by atoms with Crippen molar-refractivity contribution < 1.29 is 45.3 Å². The minimum Gasteiger partial charge on any atom is -0.444 e. The van der Waals surface area contributed by atoms with Crippen molar-refractivity contribution in [1.29, 1.82) is 0 Å². The third-order valence-corrected chi connectivity index (χ3v) is 11.2. The molecule has 4 rings (SSSR count). The third kappa shape index (κ3) is 13.0. The lowest BCUT2D eigenvalue weighted by Gasteiger charge is -2.43. The minimum absolute atomic E-state index is 0.166. The van der Waals surface area contributed by atoms with E-state index >= 15 is 0 Å². The monoisotopic (exact) mass is 840 g/mol. The normalized spacial score (nSPS) is 19.8. The van der Waals surface area contributed by atoms with Crippen molar-refractivity contribution >= 4 is 34.6 Å². The topological polar surface area (TPSA) is 207 Å². The molecule has 58 heavy (non-hydrogen) atoms. The van der Waals surface area contributed by atoms with Gasteiger partial charge in [-0.2, -0.15) is 22.8 Å². The Balaban J connectivity index is 1.46. The Bertz CT molecular complexity index is 1680. The van der Waals surface area contributed by atoms with E-state index < -0.39 is 62.9 Å². The highest BCUT2D eigenvalue weighted by Crippen LogP contribution is 2.48. The van der Waals surface area contributed by atoms with Crippen LogP contribution in [0.2, 0.25) is 0 Å². The number of hydroxylamine groups is 4. The standard InChI is InChI=1S/C39H68N8O10S/c1-11-15-21-39(20-14-4,22-16-12-2)46(25-17-13-3)56-58(51,52)57-47-28-18-19-29(45(26-28)35(47)50)30-43-44-31(53-30)38(23-24-38)27-40-32(41-33(48)54-36(5,6)7)42-34(49)55-37(8,9)10/h28-29H,11-27H2,1-10H3,(H2,40,41,42,48,49)/t28-,29-/m0/s1. The van der Waals surface area contributed by atoms with Gasteiger partial charge in [-0.15, -0.1) is 19.5 Å². The number of ether oxygens (including phenoxy) is 2. The smallest absolute Gasteiger partial charge is 0.437 e. The van der Waals surface area contributed by atoms with Crippen molar-refractivity contribution in [2.75, 3.05) is 19.6 Å². The first-order chi connectivity index (χ1) is 27.2. The number of urea groups is 1. The molecule has 0 radical (unpaired) electrons. The summed E-state index contributed by atoms with van der Waals surface area (Å²) in [7, 11) is -4.68. The second-order valence-electron chi connectivity index (χ2n) is 17.8. The Morgan fingerprint density at radius 2 is 1.55 bits per heavy atom. The molecule has 2 saturated heterocycles. The van der Waals surface area contributed by atoms with Gasteiger partial charge in [-0.3, -0.25) is 5.32 Å². The molecule has 3 aliphatic rings. The molecule has 2 atom stereocenters. The number of carbonyl (C=O) groups excluding carboxylic acids is 3. The predicted molar refractivity (Wildman–Crippen MR) is 215 cm³/mol. The zero-order valence-electron chi connectivity index (χ0n) is 36.3. The van der Waals surface area contributed by atoms with Crippen LogP contribution in [0.15, 0.2) is 9.41 Å². The summed E-state index contributed by atoms with van der Waals surface area (Å²) in [4.78, 5) is 44.4. The fourth-order valence-electron chi connectivity index (χ4n) is 7.43. The SMILES string of the molecule is CCCCN(OS(=O)(=O)ON1C(=O)N2C[C@@H]1CC[C@H]2c1nnc(C2(CN/C(=N\C(=O)OC(C)(C)C)NC(=O)OC(C)(C)C)CC2)o1)C(CCC)(CCCC)CCCC. The van der Waals surface area contributed by atoms with Gasteiger partial charge in [0.2, 0.25) is 17.7 Å². The highest BCUT2D eigenvalue weighted by molar-refractivity contribution is 7.81. The summed E-state index contributed by atoms with van der Waals surface area (Å²) in [6, 6.07) is -1.76. The zero-order valence-corrected chi connectivity index (χ0v) is 37.2. The molecular weight excluding hydrogens is 773 g/mol. The Hall–Kier alpha value is -3.55. The van der Waals surface area contributed by atoms with Crippen LogP contribution in [-0.2, 0) is 33.9 Å². The van der Waals surface area contributed by atoms with E-state index in [4.69, 9.17) is 22.5 Å². The average molecular weight is 841 g/mol. The van der Waals surface area contributed by atoms with Gasteiger partial charge in [0, 0.05) is 25.2 Å². The number of unbranched alkanes of at least 4 members (excludes halogenated alkanes) is 3. The molecule has 2 aliphatic heterocycles. The van der Waals surface area contributed by atoms with Crippen LogP contribution in [0.4, 0.5) is 14.4 Å². The number of aliphatic imine (C=N–C) groups is 1. The number of guanidine groups is 1. The number of amides is 4. The lowest BCUT2D eigenvalue weighted by Crippen LogP contribution is -2.51. The van der Waals surface area contributed by atoms with Gasteiger partial charge in [0.1, 0.15) is 17.2 Å². The Morgan fingerprint density at radius 1 is 0.914 bits per heavy atom. The zero-order chi connectivity index (χ0) is 42.9. The lowest BCUT2D eigenvalue weighted by atomic mass is 9.82. The molecule has 0 spiro atoms. The number of aromatic nitrogens is 2. The Labute approximate surface area is 344 Å². The number of nitrogens with zero attached hydrogens (tertiary/aromatic N) is 6. The molecule has 330 valence electrons. The second kappa shape index (κ2) is 19.7. The van der Waals surface area contributed by atoms with Gasteiger partial charge in [0.15, 0.2) is 0 Å². The predicted octanol–water partition coefficient (Wildman–Crippen LogP) is 7.58. The maximum Gasteiger partial charge on any atom is 0.437 e. The quantitative estimate of drug-likeness (QED) is 0.0738. The van der Waals surface area contributed by atoms with Crippen LogP contribution in [0.25, 0.3) is 0 Å². The van der Waals surface area contributed by atoms with Crippen molar-refractivity contribution in [2.45, 2.75) is 193 Å². The van der Waals surface area contributed by atoms with Crippen LogP contribution in [0.3, 0.4) is 0 Å². The highest BCUT2D eigenvalue weighted by atomic mass is 32.3. The van der Waals surface area contributed by atoms with Crippen molar-refractivity contribution in [3.63, 3.8) is 0 Å². The minimum atomic E-state index is -4.68. The van der Waals surface area contributed by atoms with E-state index in [0.29, 0.717) is 38.1 Å². The van der Waals surface area contributed by atoms with Crippen molar-refractivity contribution in [2.24, 2.45) is 4.99 Å². The van der Waals surface area contributed by atoms with Gasteiger partial charge in [0.05, 0.1) is 11.5 Å². The maximum atomic E-state index is 13.8. The fourth-order valence-corrected chi connectivity index (χ4v) is 8.29. The summed E-state index contributed by atoms with van der Waals surface area (Å²) in [6.07, 6.45) is 9.13. The van der Waals surface area contributed by atoms with Gasteiger partial charge in [-0.25, -0.2) is 14.4 Å². The van der Waals surface area contributed by atoms with E-state index in [2.05, 4.69) is 53.5 Å². The summed E-state index contributed by atoms with van der Waals surface area (Å²) in [6.45, 7) is 19.4. The molecule has 3 fully saturated rings. The highest BCUT2D eigenvalue weighted by Gasteiger charge is 2.53. The molecule has 3 heterocycles. The van der Waals surface area contributed by atoms with Crippen LogP contribution < -0.4 is 10.6 Å². The number of nitrogens with one attached hydrogen (secondary N) is 2. The summed E-state index contributed by atoms with van der Waals surface area (Å²) in [5, 5.41) is 16.7. The molecule has 0 unspecified atom stereocenters. The lowest BCUT2D eigenvalue weighted by molar-refractivity contribution is -0.172. The van der Waals surface area contributed by atoms with E-state index in [-0.39, 0.29) is 24.9 Å². The van der Waals surface area contributed by atoms with Crippen molar-refractivity contribution in [3.05, 3.63) is 11.8 Å². The largest absolute Gasteiger partial charge is 0.444 e. The average Bonchev–Trinajstić information content (AvgIpc) is 3.68. The Morgan fingerprint density at radius 3 is 2.12 bits per heavy atom. The van der Waals surface area contributed by atoms with E-state index in [0.717, 1.165) is 69.3 Å². The van der Waals surface area contributed by atoms with E-state index in [1.54, 1.807) is 46.6 Å². The van der Waals surface area contributed by atoms with Crippen LogP contribution in [0.5, 0.6) is 0 Å². The van der Waals surface area contributed by atoms with Crippen molar-refractivity contribution in [1.82, 2.24) is 35.9 Å². The van der Waals surface area contributed by atoms with E-state index in [9.17, 15) is 22.8 Å². The molecule has 18 nitrogen and oxygen atoms in total. The number of hydrogen-bond donors (Lipinski definition) is 2.